The van der Waals surface area contributed by atoms with Gasteiger partial charge >= 0.3 is 138 Å². The molecule has 3 aliphatic carbocycles. The minimum atomic E-state index is -1.14. The average Bonchev–Trinajstić information content (AvgIpc) is 1.59. The van der Waals surface area contributed by atoms with Crippen molar-refractivity contribution in [3.8, 4) is 34.2 Å². The molecule has 3 aromatic carbocycles. The number of carbonyl (C=O) groups excluding carboxylic acids is 7. The molecule has 5 N–H and O–H groups in total. The predicted octanol–water partition coefficient (Wildman–Crippen LogP) is 7.52. The van der Waals surface area contributed by atoms with Crippen molar-refractivity contribution in [1.82, 2.24) is 59.4 Å². The number of morpholine rings is 3. The molecule has 12 heterocycles. The second-order valence-electron chi connectivity index (χ2n) is 36.2. The molecule has 6 aliphatic heterocycles. The van der Waals surface area contributed by atoms with Gasteiger partial charge in [0.15, 0.2) is 0 Å². The summed E-state index contributed by atoms with van der Waals surface area (Å²) >= 11 is 5.35. The number of hydrogen-bond donors (Lipinski definition) is 5. The fourth-order valence-electron chi connectivity index (χ4n) is 19.4. The first-order valence-corrected chi connectivity index (χ1v) is 52.4. The summed E-state index contributed by atoms with van der Waals surface area (Å²) in [5.74, 6) is 0.277. The fraction of sp³-hybridized carbons (Fsp3) is 0.565. The number of H-pyrrole nitrogens is 4. The molecular formula is C92H128ClCs2N15O14Si2. The van der Waals surface area contributed by atoms with Crippen molar-refractivity contribution < 1.29 is 207 Å². The first kappa shape index (κ1) is 101. The molecule has 0 spiro atoms. The number of ether oxygens (including phenoxy) is 5. The molecule has 29 nitrogen and oxygen atoms in total. The van der Waals surface area contributed by atoms with Gasteiger partial charge in [0.1, 0.15) is 43.8 Å². The molecule has 0 atom stereocenters. The number of benzene rings is 3. The zero-order valence-electron chi connectivity index (χ0n) is 76.8. The number of fused-ring (bicyclic) bond motifs is 18. The number of nitrogens with zero attached hydrogens (tertiary/aromatic N) is 10. The molecule has 126 heavy (non-hydrogen) atoms. The average molecular weight is 2030 g/mol. The van der Waals surface area contributed by atoms with Crippen LogP contribution in [0.15, 0.2) is 55.0 Å². The minimum absolute atomic E-state index is 0. The van der Waals surface area contributed by atoms with E-state index in [1.54, 1.807) is 14.7 Å². The Hall–Kier alpha value is -5.21. The molecule has 3 saturated heterocycles. The number of halogens is 1. The van der Waals surface area contributed by atoms with Gasteiger partial charge in [0, 0.05) is 131 Å². The minimum Gasteiger partial charge on any atom is -1.00 e. The van der Waals surface area contributed by atoms with Crippen LogP contribution in [0.5, 0.6) is 0 Å². The first-order chi connectivity index (χ1) is 59.2. The molecule has 9 aromatic rings. The van der Waals surface area contributed by atoms with Gasteiger partial charge in [-0.25, -0.2) is 9.36 Å². The van der Waals surface area contributed by atoms with Crippen LogP contribution in [0.25, 0.3) is 66.9 Å². The molecule has 18 rings (SSSR count). The Kier molecular flexibility index (Phi) is 35.5. The molecule has 0 radical (unpaired) electrons. The molecule has 0 unspecified atom stereocenters. The van der Waals surface area contributed by atoms with E-state index >= 15 is 0 Å². The summed E-state index contributed by atoms with van der Waals surface area (Å²) in [5, 5.41) is 32.4. The molecule has 34 heteroatoms. The zero-order valence-corrected chi connectivity index (χ0v) is 91.1. The number of nitrogens with one attached hydrogen (secondary N) is 5. The largest absolute Gasteiger partial charge is 1.00 e. The number of aromatic nitrogens is 9. The van der Waals surface area contributed by atoms with E-state index < -0.39 is 32.4 Å². The van der Waals surface area contributed by atoms with Crippen molar-refractivity contribution in [2.75, 3.05) is 126 Å². The number of aryl methyl sites for hydroxylation is 6. The van der Waals surface area contributed by atoms with Crippen molar-refractivity contribution >= 4 is 119 Å². The first-order valence-electron chi connectivity index (χ1n) is 44.4. The number of carbonyl (C=O) groups is 7. The van der Waals surface area contributed by atoms with Crippen LogP contribution in [0.3, 0.4) is 0 Å². The van der Waals surface area contributed by atoms with E-state index in [0.717, 1.165) is 185 Å². The number of alkyl halides is 1. The molecule has 0 saturated carbocycles. The van der Waals surface area contributed by atoms with E-state index in [2.05, 4.69) is 165 Å². The second kappa shape index (κ2) is 44.1. The maximum atomic E-state index is 14.0. The fourth-order valence-corrected chi connectivity index (χ4v) is 21.1. The topological polar surface area (TPSA) is 338 Å². The maximum absolute atomic E-state index is 14.0. The zero-order chi connectivity index (χ0) is 87.3. The molecule has 6 aromatic heterocycles. The molecule has 6 amide bonds. The summed E-state index contributed by atoms with van der Waals surface area (Å²) in [7, 11) is -2.23. The SMILES string of the molecule is C.CCC1(CC)C(=O)N(CC(=O)N2CCOCC2)c2cc3c4c([nH]c3cc21)-c1[nH]ncc1CCC4.CCC1(CC)C(=O)N(CC(=O)N2CCOCC2)c2cc3c4c([nH]c3cc21)-c1nn(COCC[Si](C)(C)C)cc1CCC4.CCC1(CC)C(=O)Nc2cc3c4c([nH]c3cc21)-c1nn(COCC[Si](C)(C)C)cc1CCC4.O=C(CCl)N1CCOCC1.O=CO[O-].[Cs+].[Cs+].[H-]. The van der Waals surface area contributed by atoms with Gasteiger partial charge < -0.3 is 80.0 Å². The Balaban J connectivity index is 0.000000182. The third-order valence-electron chi connectivity index (χ3n) is 26.8. The van der Waals surface area contributed by atoms with Crippen LogP contribution < -0.4 is 158 Å². The number of amides is 6. The Labute approximate surface area is 866 Å². The predicted molar refractivity (Wildman–Crippen MR) is 487 cm³/mol. The standard InChI is InChI=1S/C32H45N5O4Si.C26H31N5O3.C26H36N4O2Si.C6H10ClNO2.CH2O3.CH4.2Cs.H/c1-6-32(7-2)25-18-26-24(17-27(25)37(31(32)39)20-28(38)35-11-13-40-14-12-35)23-10-8-9-22-19-36(34-29(22)30(23)33-26)21-41-15-16-42(3,4)5;1-3-26(4-2)19-13-20-18(17-7-5-6-16-14-27-29-23(16)24(17)28-20)12-21(19)31(25(26)33)15-22(32)30-8-10-34-11-9-30;1-6-26(7-2)20-14-21-19(13-22(20)28-25(26)31)18-10-8-9-17-15-30(29-23(17)24(18)27-21)16-32-11-12-33(3,4)5;7-5-6(9)8-1-3-10-4-2-8;2-1-4-3;;;;/h17-19,33H,6-16,20-21H2,1-5H3;12-14,28H,3-11,15H2,1-2H3,(H,27,29);13-15,27H,6-12,16H2,1-5H3,(H,28,31);1-5H2;1,3H;1H4;;;/q;;;;;;2*+1;-1/p-1. The van der Waals surface area contributed by atoms with Crippen LogP contribution in [0.2, 0.25) is 51.4 Å². The Morgan fingerprint density at radius 3 is 1.29 bits per heavy atom. The van der Waals surface area contributed by atoms with Crippen molar-refractivity contribution in [2.24, 2.45) is 0 Å². The summed E-state index contributed by atoms with van der Waals surface area (Å²) in [5.41, 5.74) is 21.5. The molecule has 0 bridgehead atoms. The summed E-state index contributed by atoms with van der Waals surface area (Å²) < 4.78 is 31.7. The normalized spacial score (nSPS) is 17.4. The number of anilines is 3. The van der Waals surface area contributed by atoms with Gasteiger partial charge in [-0.1, -0.05) is 88.3 Å². The molecule has 3 fully saturated rings. The monoisotopic (exact) mass is 2020 g/mol. The van der Waals surface area contributed by atoms with Crippen LogP contribution >= 0.6 is 11.6 Å². The van der Waals surface area contributed by atoms with Gasteiger partial charge in [0.05, 0.1) is 84.9 Å². The summed E-state index contributed by atoms with van der Waals surface area (Å²) in [6.07, 6.45) is 19.7. The molecule has 9 aliphatic rings. The van der Waals surface area contributed by atoms with E-state index in [0.29, 0.717) is 118 Å². The number of hydrogen-bond acceptors (Lipinski definition) is 17. The third kappa shape index (κ3) is 21.1. The summed E-state index contributed by atoms with van der Waals surface area (Å²) in [6.45, 7) is 36.4. The van der Waals surface area contributed by atoms with Crippen LogP contribution in [-0.2, 0) is 130 Å². The van der Waals surface area contributed by atoms with Crippen LogP contribution in [0.1, 0.15) is 158 Å². The summed E-state index contributed by atoms with van der Waals surface area (Å²) in [4.78, 5) is 109. The van der Waals surface area contributed by atoms with E-state index in [1.165, 1.54) is 44.8 Å². The van der Waals surface area contributed by atoms with E-state index in [-0.39, 0.29) is 208 Å². The third-order valence-corrected chi connectivity index (χ3v) is 30.5. The van der Waals surface area contributed by atoms with Gasteiger partial charge in [0.2, 0.25) is 35.4 Å². The Morgan fingerprint density at radius 2 is 0.897 bits per heavy atom. The second-order valence-corrected chi connectivity index (χ2v) is 47.7. The van der Waals surface area contributed by atoms with E-state index in [1.807, 2.05) is 25.4 Å². The summed E-state index contributed by atoms with van der Waals surface area (Å²) in [6, 6.07) is 15.4. The maximum Gasteiger partial charge on any atom is 1.00 e. The number of aromatic amines is 4. The van der Waals surface area contributed by atoms with E-state index in [9.17, 15) is 28.8 Å². The van der Waals surface area contributed by atoms with Gasteiger partial charge in [-0.2, -0.15) is 15.3 Å². The molecule has 672 valence electrons. The molecular weight excluding hydrogens is 1900 g/mol. The van der Waals surface area contributed by atoms with Gasteiger partial charge in [-0.15, -0.1) is 11.6 Å². The van der Waals surface area contributed by atoms with Crippen LogP contribution in [-0.4, -0.2) is 229 Å². The van der Waals surface area contributed by atoms with E-state index in [4.69, 9.17) is 55.5 Å². The smallest absolute Gasteiger partial charge is 1.00 e. The van der Waals surface area contributed by atoms with Crippen molar-refractivity contribution in [2.45, 2.75) is 226 Å². The van der Waals surface area contributed by atoms with Gasteiger partial charge in [-0.3, -0.25) is 38.7 Å². The van der Waals surface area contributed by atoms with Crippen molar-refractivity contribution in [3.63, 3.8) is 0 Å². The van der Waals surface area contributed by atoms with Crippen molar-refractivity contribution in [3.05, 3.63) is 105 Å². The number of rotatable bonds is 22. The van der Waals surface area contributed by atoms with Gasteiger partial charge in [-0.05, 0) is 195 Å². The van der Waals surface area contributed by atoms with Gasteiger partial charge in [0.25, 0.3) is 6.47 Å². The quantitative estimate of drug-likeness (QED) is 0.0109. The van der Waals surface area contributed by atoms with Crippen LogP contribution in [0.4, 0.5) is 17.1 Å². The van der Waals surface area contributed by atoms with Crippen molar-refractivity contribution in [1.29, 1.82) is 0 Å². The Morgan fingerprint density at radius 1 is 0.524 bits per heavy atom. The Bertz CT molecular complexity index is 5370. The van der Waals surface area contributed by atoms with Crippen LogP contribution in [0, 0.1) is 0 Å².